The van der Waals surface area contributed by atoms with Crippen molar-refractivity contribution in [3.63, 3.8) is 0 Å². The Bertz CT molecular complexity index is 700. The normalized spacial score (nSPS) is 12.6. The van der Waals surface area contributed by atoms with E-state index in [4.69, 9.17) is 0 Å². The number of nitrogens with zero attached hydrogens (tertiary/aromatic N) is 4. The molecule has 1 aromatic carbocycles. The van der Waals surface area contributed by atoms with Gasteiger partial charge in [-0.1, -0.05) is 18.2 Å². The molecule has 144 valence electrons. The zero-order chi connectivity index (χ0) is 18.2. The zero-order valence-corrected chi connectivity index (χ0v) is 18.1. The Morgan fingerprint density at radius 1 is 1.31 bits per heavy atom. The van der Waals surface area contributed by atoms with E-state index >= 15 is 0 Å². The van der Waals surface area contributed by atoms with Gasteiger partial charge in [0.05, 0.1) is 18.8 Å². The lowest BCUT2D eigenvalue weighted by molar-refractivity contribution is 0.298. The van der Waals surface area contributed by atoms with Crippen LogP contribution < -0.4 is 10.6 Å². The molecule has 26 heavy (non-hydrogen) atoms. The molecule has 0 radical (unpaired) electrons. The fourth-order valence-electron chi connectivity index (χ4n) is 2.54. The topological polar surface area (TPSA) is 57.5 Å². The fourth-order valence-corrected chi connectivity index (χ4v) is 2.54. The van der Waals surface area contributed by atoms with Crippen molar-refractivity contribution in [2.45, 2.75) is 19.5 Å². The first-order valence-corrected chi connectivity index (χ1v) is 8.41. The van der Waals surface area contributed by atoms with Crippen molar-refractivity contribution >= 4 is 29.9 Å². The number of nitrogens with one attached hydrogen (secondary N) is 2. The van der Waals surface area contributed by atoms with Crippen molar-refractivity contribution in [3.05, 3.63) is 53.6 Å². The lowest BCUT2D eigenvalue weighted by Gasteiger charge is -2.24. The summed E-state index contributed by atoms with van der Waals surface area (Å²) in [5.41, 5.74) is 1.71. The molecule has 0 spiro atoms. The molecule has 0 saturated carbocycles. The predicted octanol–water partition coefficient (Wildman–Crippen LogP) is 2.54. The van der Waals surface area contributed by atoms with Gasteiger partial charge in [-0.05, 0) is 27.1 Å². The Kier molecular flexibility index (Phi) is 9.57. The first-order valence-electron chi connectivity index (χ1n) is 8.41. The van der Waals surface area contributed by atoms with E-state index in [9.17, 15) is 4.39 Å². The summed E-state index contributed by atoms with van der Waals surface area (Å²) >= 11 is 0. The Labute approximate surface area is 171 Å². The molecule has 0 fully saturated rings. The average Bonchev–Trinajstić information content (AvgIpc) is 2.99. The third kappa shape index (κ3) is 6.56. The minimum atomic E-state index is -0.233. The summed E-state index contributed by atoms with van der Waals surface area (Å²) in [7, 11) is 5.97. The molecule has 2 N–H and O–H groups in total. The molecule has 0 aliphatic rings. The number of rotatable bonds is 7. The fraction of sp³-hybridized carbons (Fsp3) is 0.444. The van der Waals surface area contributed by atoms with Gasteiger partial charge in [0, 0.05) is 37.5 Å². The number of hydrogen-bond donors (Lipinski definition) is 2. The second kappa shape index (κ2) is 11.1. The summed E-state index contributed by atoms with van der Waals surface area (Å²) in [4.78, 5) is 6.62. The third-order valence-corrected chi connectivity index (χ3v) is 3.91. The van der Waals surface area contributed by atoms with Crippen LogP contribution in [0.1, 0.15) is 24.1 Å². The standard InChI is InChI=1S/C18H27FN6.HI/c1-5-20-18(21-10-14-8-6-7-9-16(14)19)22-12-17(24(2)3)15-11-23-25(4)13-15;/h6-9,11,13,17H,5,10,12H2,1-4H3,(H2,20,21,22);1H. The van der Waals surface area contributed by atoms with Gasteiger partial charge in [-0.25, -0.2) is 9.38 Å². The number of aliphatic imine (C=N–C) groups is 1. The first kappa shape index (κ1) is 22.4. The number of benzene rings is 1. The number of halogens is 2. The molecule has 8 heteroatoms. The van der Waals surface area contributed by atoms with E-state index in [1.807, 2.05) is 46.5 Å². The molecule has 0 saturated heterocycles. The Balaban J connectivity index is 0.00000338. The molecule has 6 nitrogen and oxygen atoms in total. The highest BCUT2D eigenvalue weighted by molar-refractivity contribution is 14.0. The van der Waals surface area contributed by atoms with Gasteiger partial charge in [0.25, 0.3) is 0 Å². The SMILES string of the molecule is CCNC(=NCc1ccccc1F)NCC(c1cnn(C)c1)N(C)C.I. The van der Waals surface area contributed by atoms with Gasteiger partial charge in [0.2, 0.25) is 0 Å². The van der Waals surface area contributed by atoms with Gasteiger partial charge in [0.15, 0.2) is 5.96 Å². The van der Waals surface area contributed by atoms with E-state index in [1.54, 1.807) is 16.8 Å². The maximum absolute atomic E-state index is 13.7. The number of likely N-dealkylation sites (N-methyl/N-ethyl adjacent to an activating group) is 1. The minimum Gasteiger partial charge on any atom is -0.357 e. The number of aryl methyl sites for hydroxylation is 1. The highest BCUT2D eigenvalue weighted by Crippen LogP contribution is 2.16. The minimum absolute atomic E-state index is 0. The quantitative estimate of drug-likeness (QED) is 0.368. The van der Waals surface area contributed by atoms with Crippen LogP contribution in [0.3, 0.4) is 0 Å². The van der Waals surface area contributed by atoms with Gasteiger partial charge in [-0.2, -0.15) is 5.10 Å². The molecule has 1 aromatic heterocycles. The van der Waals surface area contributed by atoms with Crippen LogP contribution in [0.5, 0.6) is 0 Å². The molecule has 1 atom stereocenters. The lowest BCUT2D eigenvalue weighted by atomic mass is 10.1. The summed E-state index contributed by atoms with van der Waals surface area (Å²) in [5, 5.41) is 10.8. The van der Waals surface area contributed by atoms with Crippen LogP contribution >= 0.6 is 24.0 Å². The Morgan fingerprint density at radius 2 is 2.04 bits per heavy atom. The Morgan fingerprint density at radius 3 is 2.62 bits per heavy atom. The van der Waals surface area contributed by atoms with E-state index in [0.717, 1.165) is 12.1 Å². The number of hydrogen-bond acceptors (Lipinski definition) is 3. The van der Waals surface area contributed by atoms with Crippen LogP contribution in [0.2, 0.25) is 0 Å². The molecule has 2 rings (SSSR count). The van der Waals surface area contributed by atoms with Crippen LogP contribution in [0.15, 0.2) is 41.7 Å². The summed E-state index contributed by atoms with van der Waals surface area (Å²) < 4.78 is 15.5. The van der Waals surface area contributed by atoms with E-state index in [1.165, 1.54) is 6.07 Å². The molecule has 1 heterocycles. The largest absolute Gasteiger partial charge is 0.357 e. The number of aromatic nitrogens is 2. The van der Waals surface area contributed by atoms with Gasteiger partial charge >= 0.3 is 0 Å². The maximum Gasteiger partial charge on any atom is 0.191 e. The second-order valence-electron chi connectivity index (χ2n) is 6.09. The summed E-state index contributed by atoms with van der Waals surface area (Å²) in [5.74, 6) is 0.435. The molecule has 1 unspecified atom stereocenters. The van der Waals surface area contributed by atoms with Crippen LogP contribution in [-0.4, -0.2) is 47.8 Å². The van der Waals surface area contributed by atoms with Gasteiger partial charge in [-0.3, -0.25) is 4.68 Å². The molecular formula is C18H28FIN6. The average molecular weight is 474 g/mol. The lowest BCUT2D eigenvalue weighted by Crippen LogP contribution is -2.41. The summed E-state index contributed by atoms with van der Waals surface area (Å²) in [6.45, 7) is 3.71. The van der Waals surface area contributed by atoms with E-state index in [2.05, 4.69) is 25.6 Å². The molecule has 2 aromatic rings. The number of guanidine groups is 1. The van der Waals surface area contributed by atoms with E-state index in [0.29, 0.717) is 24.6 Å². The highest BCUT2D eigenvalue weighted by Gasteiger charge is 2.16. The van der Waals surface area contributed by atoms with E-state index < -0.39 is 0 Å². The van der Waals surface area contributed by atoms with Crippen molar-refractivity contribution in [1.82, 2.24) is 25.3 Å². The zero-order valence-electron chi connectivity index (χ0n) is 15.7. The Hall–Kier alpha value is -1.68. The molecule has 0 amide bonds. The first-order chi connectivity index (χ1) is 12.0. The van der Waals surface area contributed by atoms with Gasteiger partial charge in [-0.15, -0.1) is 24.0 Å². The van der Waals surface area contributed by atoms with Crippen molar-refractivity contribution in [2.24, 2.45) is 12.0 Å². The van der Waals surface area contributed by atoms with Crippen LogP contribution in [0.25, 0.3) is 0 Å². The predicted molar refractivity (Wildman–Crippen MR) is 114 cm³/mol. The van der Waals surface area contributed by atoms with Gasteiger partial charge < -0.3 is 15.5 Å². The maximum atomic E-state index is 13.7. The highest BCUT2D eigenvalue weighted by atomic mass is 127. The van der Waals surface area contributed by atoms with Crippen molar-refractivity contribution in [1.29, 1.82) is 0 Å². The summed E-state index contributed by atoms with van der Waals surface area (Å²) in [6.07, 6.45) is 3.88. The van der Waals surface area contributed by atoms with Crippen molar-refractivity contribution in [3.8, 4) is 0 Å². The van der Waals surface area contributed by atoms with Crippen molar-refractivity contribution in [2.75, 3.05) is 27.2 Å². The molecule has 0 bridgehead atoms. The van der Waals surface area contributed by atoms with Crippen molar-refractivity contribution < 1.29 is 4.39 Å². The molecular weight excluding hydrogens is 446 g/mol. The molecule has 0 aliphatic heterocycles. The summed E-state index contributed by atoms with van der Waals surface area (Å²) in [6, 6.07) is 6.86. The van der Waals surface area contributed by atoms with Crippen LogP contribution in [-0.2, 0) is 13.6 Å². The van der Waals surface area contributed by atoms with Gasteiger partial charge in [0.1, 0.15) is 5.82 Å². The van der Waals surface area contributed by atoms with Crippen LogP contribution in [0.4, 0.5) is 4.39 Å². The van der Waals surface area contributed by atoms with Crippen LogP contribution in [0, 0.1) is 5.82 Å². The second-order valence-corrected chi connectivity index (χ2v) is 6.09. The van der Waals surface area contributed by atoms with E-state index in [-0.39, 0.29) is 35.8 Å². The smallest absolute Gasteiger partial charge is 0.191 e. The monoisotopic (exact) mass is 474 g/mol. The third-order valence-electron chi connectivity index (χ3n) is 3.91. The molecule has 0 aliphatic carbocycles.